The first kappa shape index (κ1) is 23.6. The van der Waals surface area contributed by atoms with Crippen LogP contribution in [-0.4, -0.2) is 44.8 Å². The van der Waals surface area contributed by atoms with Crippen LogP contribution in [-0.2, 0) is 19.6 Å². The molecule has 0 radical (unpaired) electrons. The van der Waals surface area contributed by atoms with E-state index in [0.717, 1.165) is 5.56 Å². The van der Waals surface area contributed by atoms with Gasteiger partial charge in [0, 0.05) is 18.7 Å². The molecule has 1 amide bonds. The SMILES string of the molecule is CCN(CC)S(=O)(=O)c1ccc(C)c(C(=O)N[C@@H](CC(=O)OC)c2ccccc2)c1. The van der Waals surface area contributed by atoms with E-state index in [-0.39, 0.29) is 16.9 Å². The molecule has 0 aliphatic carbocycles. The molecule has 0 saturated carbocycles. The first-order valence-electron chi connectivity index (χ1n) is 9.78. The third-order valence-electron chi connectivity index (χ3n) is 4.90. The summed E-state index contributed by atoms with van der Waals surface area (Å²) >= 11 is 0. The minimum Gasteiger partial charge on any atom is -0.469 e. The van der Waals surface area contributed by atoms with Crippen molar-refractivity contribution in [3.05, 3.63) is 65.2 Å². The Morgan fingerprint density at radius 3 is 2.27 bits per heavy atom. The van der Waals surface area contributed by atoms with Crippen molar-refractivity contribution >= 4 is 21.9 Å². The Bertz CT molecular complexity index is 986. The maximum atomic E-state index is 13.0. The molecule has 0 fully saturated rings. The molecule has 2 aromatic carbocycles. The number of methoxy groups -OCH3 is 1. The van der Waals surface area contributed by atoms with E-state index in [9.17, 15) is 18.0 Å². The lowest BCUT2D eigenvalue weighted by Crippen LogP contribution is -2.32. The highest BCUT2D eigenvalue weighted by Gasteiger charge is 2.25. The summed E-state index contributed by atoms with van der Waals surface area (Å²) in [5.74, 6) is -0.916. The van der Waals surface area contributed by atoms with E-state index < -0.39 is 27.9 Å². The lowest BCUT2D eigenvalue weighted by molar-refractivity contribution is -0.141. The second-order valence-electron chi connectivity index (χ2n) is 6.78. The Morgan fingerprint density at radius 2 is 1.70 bits per heavy atom. The standard InChI is InChI=1S/C22H28N2O5S/c1-5-24(6-2)30(27,28)18-13-12-16(3)19(14-18)22(26)23-20(15-21(25)29-4)17-10-8-7-9-11-17/h7-14,20H,5-6,15H2,1-4H3,(H,23,26)/t20-/m0/s1. The third-order valence-corrected chi connectivity index (χ3v) is 6.95. The van der Waals surface area contributed by atoms with E-state index in [0.29, 0.717) is 18.7 Å². The van der Waals surface area contributed by atoms with Crippen LogP contribution >= 0.6 is 0 Å². The lowest BCUT2D eigenvalue weighted by Gasteiger charge is -2.21. The van der Waals surface area contributed by atoms with Crippen molar-refractivity contribution in [2.75, 3.05) is 20.2 Å². The fourth-order valence-electron chi connectivity index (χ4n) is 3.14. The lowest BCUT2D eigenvalue weighted by atomic mass is 10.0. The van der Waals surface area contributed by atoms with Gasteiger partial charge in [0.05, 0.1) is 24.5 Å². The fourth-order valence-corrected chi connectivity index (χ4v) is 4.63. The number of hydrogen-bond donors (Lipinski definition) is 1. The summed E-state index contributed by atoms with van der Waals surface area (Å²) in [6.45, 7) is 5.94. The maximum absolute atomic E-state index is 13.0. The molecular formula is C22H28N2O5S. The predicted molar refractivity (Wildman–Crippen MR) is 115 cm³/mol. The van der Waals surface area contributed by atoms with Gasteiger partial charge in [-0.1, -0.05) is 50.2 Å². The van der Waals surface area contributed by atoms with Gasteiger partial charge < -0.3 is 10.1 Å². The number of ether oxygens (including phenoxy) is 1. The maximum Gasteiger partial charge on any atom is 0.307 e. The Hall–Kier alpha value is -2.71. The Labute approximate surface area is 178 Å². The highest BCUT2D eigenvalue weighted by atomic mass is 32.2. The Morgan fingerprint density at radius 1 is 1.07 bits per heavy atom. The minimum absolute atomic E-state index is 0.0390. The molecule has 30 heavy (non-hydrogen) atoms. The third kappa shape index (κ3) is 5.46. The van der Waals surface area contributed by atoms with Crippen LogP contribution in [0.2, 0.25) is 0 Å². The van der Waals surface area contributed by atoms with E-state index in [2.05, 4.69) is 5.32 Å². The summed E-state index contributed by atoms with van der Waals surface area (Å²) in [5.41, 5.74) is 1.63. The number of aryl methyl sites for hydroxylation is 1. The number of benzene rings is 2. The molecule has 2 aromatic rings. The van der Waals surface area contributed by atoms with Crippen LogP contribution in [0.3, 0.4) is 0 Å². The average molecular weight is 433 g/mol. The van der Waals surface area contributed by atoms with Gasteiger partial charge in [-0.25, -0.2) is 8.42 Å². The number of nitrogens with one attached hydrogen (secondary N) is 1. The van der Waals surface area contributed by atoms with Gasteiger partial charge in [0.2, 0.25) is 10.0 Å². The molecule has 0 aromatic heterocycles. The molecule has 0 aliphatic rings. The van der Waals surface area contributed by atoms with Gasteiger partial charge in [0.25, 0.3) is 5.91 Å². The highest BCUT2D eigenvalue weighted by Crippen LogP contribution is 2.22. The van der Waals surface area contributed by atoms with Crippen LogP contribution in [0.15, 0.2) is 53.4 Å². The van der Waals surface area contributed by atoms with Crippen LogP contribution in [0.1, 0.15) is 47.8 Å². The van der Waals surface area contributed by atoms with Crippen molar-refractivity contribution in [3.8, 4) is 0 Å². The monoisotopic (exact) mass is 432 g/mol. The number of rotatable bonds is 9. The zero-order valence-electron chi connectivity index (χ0n) is 17.7. The number of amides is 1. The normalized spacial score (nSPS) is 12.4. The number of sulfonamides is 1. The molecule has 1 atom stereocenters. The van der Waals surface area contributed by atoms with Crippen molar-refractivity contribution in [3.63, 3.8) is 0 Å². The second kappa shape index (κ2) is 10.4. The molecule has 0 unspecified atom stereocenters. The molecule has 0 saturated heterocycles. The molecule has 0 bridgehead atoms. The van der Waals surface area contributed by atoms with Gasteiger partial charge >= 0.3 is 5.97 Å². The van der Waals surface area contributed by atoms with Gasteiger partial charge in [-0.3, -0.25) is 9.59 Å². The first-order valence-corrected chi connectivity index (χ1v) is 11.2. The van der Waals surface area contributed by atoms with Crippen LogP contribution < -0.4 is 5.32 Å². The number of carbonyl (C=O) groups excluding carboxylic acids is 2. The summed E-state index contributed by atoms with van der Waals surface area (Å²) in [4.78, 5) is 24.9. The first-order chi connectivity index (χ1) is 14.2. The van der Waals surface area contributed by atoms with Crippen molar-refractivity contribution in [1.82, 2.24) is 9.62 Å². The summed E-state index contributed by atoms with van der Waals surface area (Å²) in [6.07, 6.45) is -0.0390. The van der Waals surface area contributed by atoms with Crippen LogP contribution in [0.25, 0.3) is 0 Å². The zero-order valence-corrected chi connectivity index (χ0v) is 18.5. The van der Waals surface area contributed by atoms with E-state index in [4.69, 9.17) is 4.74 Å². The van der Waals surface area contributed by atoms with Crippen molar-refractivity contribution in [1.29, 1.82) is 0 Å². The second-order valence-corrected chi connectivity index (χ2v) is 8.72. The van der Waals surface area contributed by atoms with Crippen LogP contribution in [0.5, 0.6) is 0 Å². The Kier molecular flexibility index (Phi) is 8.14. The molecule has 7 nitrogen and oxygen atoms in total. The molecule has 0 heterocycles. The molecule has 0 spiro atoms. The molecule has 8 heteroatoms. The fraction of sp³-hybridized carbons (Fsp3) is 0.364. The smallest absolute Gasteiger partial charge is 0.307 e. The molecule has 162 valence electrons. The van der Waals surface area contributed by atoms with Gasteiger partial charge in [-0.15, -0.1) is 0 Å². The zero-order chi connectivity index (χ0) is 22.3. The quantitative estimate of drug-likeness (QED) is 0.615. The van der Waals surface area contributed by atoms with E-state index >= 15 is 0 Å². The van der Waals surface area contributed by atoms with Gasteiger partial charge in [0.15, 0.2) is 0 Å². The summed E-state index contributed by atoms with van der Waals surface area (Å²) in [6, 6.07) is 13.0. The van der Waals surface area contributed by atoms with Gasteiger partial charge in [-0.05, 0) is 30.2 Å². The van der Waals surface area contributed by atoms with Crippen molar-refractivity contribution in [2.24, 2.45) is 0 Å². The average Bonchev–Trinajstić information content (AvgIpc) is 2.74. The summed E-state index contributed by atoms with van der Waals surface area (Å²) in [5, 5.41) is 2.84. The molecule has 1 N–H and O–H groups in total. The summed E-state index contributed by atoms with van der Waals surface area (Å²) < 4.78 is 31.8. The van der Waals surface area contributed by atoms with E-state index in [1.807, 2.05) is 30.3 Å². The van der Waals surface area contributed by atoms with Crippen LogP contribution in [0, 0.1) is 6.92 Å². The van der Waals surface area contributed by atoms with E-state index in [1.165, 1.54) is 23.5 Å². The summed E-state index contributed by atoms with van der Waals surface area (Å²) in [7, 11) is -2.41. The molecule has 2 rings (SSSR count). The largest absolute Gasteiger partial charge is 0.469 e. The van der Waals surface area contributed by atoms with Gasteiger partial charge in [-0.2, -0.15) is 4.31 Å². The Balaban J connectivity index is 2.38. The highest BCUT2D eigenvalue weighted by molar-refractivity contribution is 7.89. The topological polar surface area (TPSA) is 92.8 Å². The van der Waals surface area contributed by atoms with Gasteiger partial charge in [0.1, 0.15) is 0 Å². The predicted octanol–water partition coefficient (Wildman–Crippen LogP) is 3.06. The molecule has 0 aliphatic heterocycles. The number of carbonyl (C=O) groups is 2. The number of nitrogens with zero attached hydrogens (tertiary/aromatic N) is 1. The molecular weight excluding hydrogens is 404 g/mol. The number of esters is 1. The number of hydrogen-bond acceptors (Lipinski definition) is 5. The van der Waals surface area contributed by atoms with Crippen molar-refractivity contribution in [2.45, 2.75) is 38.1 Å². The van der Waals surface area contributed by atoms with Crippen molar-refractivity contribution < 1.29 is 22.7 Å². The minimum atomic E-state index is -3.70. The van der Waals surface area contributed by atoms with E-state index in [1.54, 1.807) is 26.8 Å². The van der Waals surface area contributed by atoms with Crippen LogP contribution in [0.4, 0.5) is 0 Å².